The molecule has 2 heterocycles. The SMILES string of the molecule is O=C(O)CNC(=O)c1c(O)cc(-c2nccs2)c2nccnc12. The molecule has 0 spiro atoms. The third kappa shape index (κ3) is 2.81. The van der Waals surface area contributed by atoms with Gasteiger partial charge in [0.2, 0.25) is 0 Å². The van der Waals surface area contributed by atoms with E-state index in [9.17, 15) is 14.7 Å². The number of thiazole rings is 1. The molecule has 9 heteroatoms. The standard InChI is InChI=1S/C14H10N4O4S/c19-8-5-7(14-17-3-4-23-14)11-12(16-2-1-15-11)10(8)13(22)18-6-9(20)21/h1-5,19H,6H2,(H,18,22)(H,20,21). The Morgan fingerprint density at radius 2 is 1.87 bits per heavy atom. The first-order chi connectivity index (χ1) is 11.1. The van der Waals surface area contributed by atoms with Gasteiger partial charge >= 0.3 is 5.97 Å². The predicted molar refractivity (Wildman–Crippen MR) is 82.3 cm³/mol. The second-order valence-corrected chi connectivity index (χ2v) is 5.38. The maximum absolute atomic E-state index is 12.2. The molecule has 2 aromatic heterocycles. The number of rotatable bonds is 4. The van der Waals surface area contributed by atoms with Gasteiger partial charge in [-0.25, -0.2) is 4.98 Å². The lowest BCUT2D eigenvalue weighted by molar-refractivity contribution is -0.135. The number of carboxylic acid groups (broad SMARTS) is 1. The largest absolute Gasteiger partial charge is 0.507 e. The Morgan fingerprint density at radius 1 is 1.13 bits per heavy atom. The smallest absolute Gasteiger partial charge is 0.322 e. The van der Waals surface area contributed by atoms with Crippen molar-refractivity contribution in [3.63, 3.8) is 0 Å². The fourth-order valence-corrected chi connectivity index (χ4v) is 2.76. The highest BCUT2D eigenvalue weighted by Crippen LogP contribution is 2.35. The van der Waals surface area contributed by atoms with E-state index in [4.69, 9.17) is 5.11 Å². The molecule has 0 aliphatic heterocycles. The lowest BCUT2D eigenvalue weighted by atomic mass is 10.1. The number of nitrogens with zero attached hydrogens (tertiary/aromatic N) is 3. The van der Waals surface area contributed by atoms with Crippen molar-refractivity contribution in [1.82, 2.24) is 20.3 Å². The molecule has 0 bridgehead atoms. The van der Waals surface area contributed by atoms with E-state index in [1.165, 1.54) is 29.8 Å². The summed E-state index contributed by atoms with van der Waals surface area (Å²) in [4.78, 5) is 35.2. The molecular formula is C14H10N4O4S. The van der Waals surface area contributed by atoms with Crippen LogP contribution in [0.25, 0.3) is 21.6 Å². The number of aromatic nitrogens is 3. The number of phenolic OH excluding ortho intramolecular Hbond substituents is 1. The number of carboxylic acids is 1. The van der Waals surface area contributed by atoms with Gasteiger partial charge in [-0.05, 0) is 6.07 Å². The van der Waals surface area contributed by atoms with Gasteiger partial charge in [0.1, 0.15) is 28.4 Å². The topological polar surface area (TPSA) is 125 Å². The van der Waals surface area contributed by atoms with Gasteiger partial charge in [0.15, 0.2) is 0 Å². The van der Waals surface area contributed by atoms with Crippen LogP contribution in [-0.2, 0) is 4.79 Å². The zero-order chi connectivity index (χ0) is 16.4. The lowest BCUT2D eigenvalue weighted by Crippen LogP contribution is -2.29. The van der Waals surface area contributed by atoms with E-state index >= 15 is 0 Å². The van der Waals surface area contributed by atoms with Crippen molar-refractivity contribution in [3.8, 4) is 16.3 Å². The van der Waals surface area contributed by atoms with Crippen LogP contribution in [0.2, 0.25) is 0 Å². The van der Waals surface area contributed by atoms with Crippen LogP contribution in [0.3, 0.4) is 0 Å². The van der Waals surface area contributed by atoms with Gasteiger partial charge < -0.3 is 15.5 Å². The molecule has 0 saturated carbocycles. The molecule has 0 unspecified atom stereocenters. The van der Waals surface area contributed by atoms with Crippen molar-refractivity contribution >= 4 is 34.2 Å². The number of amides is 1. The third-order valence-corrected chi connectivity index (χ3v) is 3.82. The van der Waals surface area contributed by atoms with Crippen LogP contribution in [0.15, 0.2) is 30.0 Å². The summed E-state index contributed by atoms with van der Waals surface area (Å²) in [6, 6.07) is 1.38. The Kier molecular flexibility index (Phi) is 3.85. The monoisotopic (exact) mass is 330 g/mol. The molecule has 0 aliphatic rings. The van der Waals surface area contributed by atoms with E-state index in [1.54, 1.807) is 11.6 Å². The number of aromatic hydroxyl groups is 1. The van der Waals surface area contributed by atoms with Crippen LogP contribution < -0.4 is 5.32 Å². The number of nitrogens with one attached hydrogen (secondary N) is 1. The average Bonchev–Trinajstić information content (AvgIpc) is 3.06. The van der Waals surface area contributed by atoms with Crippen LogP contribution in [0, 0.1) is 0 Å². The number of hydrogen-bond acceptors (Lipinski definition) is 7. The van der Waals surface area contributed by atoms with E-state index in [2.05, 4.69) is 20.3 Å². The first-order valence-electron chi connectivity index (χ1n) is 6.44. The van der Waals surface area contributed by atoms with Crippen molar-refractivity contribution in [1.29, 1.82) is 0 Å². The first kappa shape index (κ1) is 14.9. The first-order valence-corrected chi connectivity index (χ1v) is 7.32. The molecule has 1 aromatic carbocycles. The highest BCUT2D eigenvalue weighted by Gasteiger charge is 2.21. The molecule has 0 aliphatic carbocycles. The summed E-state index contributed by atoms with van der Waals surface area (Å²) < 4.78 is 0. The van der Waals surface area contributed by atoms with Crippen LogP contribution in [-0.4, -0.2) is 43.6 Å². The Hall–Kier alpha value is -3.07. The summed E-state index contributed by atoms with van der Waals surface area (Å²) >= 11 is 1.36. The van der Waals surface area contributed by atoms with E-state index in [-0.39, 0.29) is 16.8 Å². The molecule has 3 aromatic rings. The van der Waals surface area contributed by atoms with Crippen molar-refractivity contribution in [2.75, 3.05) is 6.54 Å². The van der Waals surface area contributed by atoms with Gasteiger partial charge in [-0.2, -0.15) is 0 Å². The van der Waals surface area contributed by atoms with Gasteiger partial charge in [-0.1, -0.05) is 0 Å². The molecule has 3 rings (SSSR count). The molecule has 23 heavy (non-hydrogen) atoms. The number of carbonyl (C=O) groups excluding carboxylic acids is 1. The highest BCUT2D eigenvalue weighted by molar-refractivity contribution is 7.13. The number of carbonyl (C=O) groups is 2. The maximum Gasteiger partial charge on any atom is 0.322 e. The zero-order valence-corrected chi connectivity index (χ0v) is 12.4. The van der Waals surface area contributed by atoms with Crippen LogP contribution in [0.4, 0.5) is 0 Å². The van der Waals surface area contributed by atoms with Crippen molar-refractivity contribution in [2.45, 2.75) is 0 Å². The van der Waals surface area contributed by atoms with Crippen LogP contribution in [0.5, 0.6) is 5.75 Å². The fourth-order valence-electron chi connectivity index (χ4n) is 2.10. The van der Waals surface area contributed by atoms with Crippen molar-refractivity contribution < 1.29 is 19.8 Å². The van der Waals surface area contributed by atoms with Gasteiger partial charge in [-0.3, -0.25) is 19.6 Å². The molecular weight excluding hydrogens is 320 g/mol. The van der Waals surface area contributed by atoms with Gasteiger partial charge in [0.05, 0.1) is 5.52 Å². The Bertz CT molecular complexity index is 895. The van der Waals surface area contributed by atoms with Crippen LogP contribution >= 0.6 is 11.3 Å². The highest BCUT2D eigenvalue weighted by atomic mass is 32.1. The average molecular weight is 330 g/mol. The minimum atomic E-state index is -1.19. The van der Waals surface area contributed by atoms with Crippen LogP contribution in [0.1, 0.15) is 10.4 Å². The molecule has 0 fully saturated rings. The predicted octanol–water partition coefficient (Wildman–Crippen LogP) is 1.27. The van der Waals surface area contributed by atoms with Crippen molar-refractivity contribution in [3.05, 3.63) is 35.6 Å². The molecule has 116 valence electrons. The number of phenols is 1. The summed E-state index contributed by atoms with van der Waals surface area (Å²) in [6.07, 6.45) is 4.48. The second kappa shape index (κ2) is 5.97. The van der Waals surface area contributed by atoms with E-state index < -0.39 is 18.4 Å². The number of aliphatic carboxylic acids is 1. The number of fused-ring (bicyclic) bond motifs is 1. The minimum Gasteiger partial charge on any atom is -0.507 e. The number of hydrogen-bond donors (Lipinski definition) is 3. The summed E-state index contributed by atoms with van der Waals surface area (Å²) in [5, 5.41) is 23.5. The van der Waals surface area contributed by atoms with Gasteiger partial charge in [0, 0.05) is 29.5 Å². The van der Waals surface area contributed by atoms with Gasteiger partial charge in [0.25, 0.3) is 5.91 Å². The van der Waals surface area contributed by atoms with E-state index in [0.717, 1.165) is 0 Å². The molecule has 0 radical (unpaired) electrons. The summed E-state index contributed by atoms with van der Waals surface area (Å²) in [5.41, 5.74) is 1.02. The van der Waals surface area contributed by atoms with Gasteiger partial charge in [-0.15, -0.1) is 11.3 Å². The number of benzene rings is 1. The molecule has 0 atom stereocenters. The maximum atomic E-state index is 12.2. The summed E-state index contributed by atoms with van der Waals surface area (Å²) in [7, 11) is 0. The third-order valence-electron chi connectivity index (χ3n) is 3.02. The lowest BCUT2D eigenvalue weighted by Gasteiger charge is -2.10. The Morgan fingerprint density at radius 3 is 2.52 bits per heavy atom. The zero-order valence-electron chi connectivity index (χ0n) is 11.6. The summed E-state index contributed by atoms with van der Waals surface area (Å²) in [6.45, 7) is -0.561. The normalized spacial score (nSPS) is 10.6. The molecule has 0 saturated heterocycles. The fraction of sp³-hybridized carbons (Fsp3) is 0.0714. The van der Waals surface area contributed by atoms with E-state index in [1.807, 2.05) is 0 Å². The summed E-state index contributed by atoms with van der Waals surface area (Å²) in [5.74, 6) is -2.24. The van der Waals surface area contributed by atoms with E-state index in [0.29, 0.717) is 16.1 Å². The molecule has 3 N–H and O–H groups in total. The quantitative estimate of drug-likeness (QED) is 0.657. The molecule has 1 amide bonds. The Balaban J connectivity index is 2.17. The second-order valence-electron chi connectivity index (χ2n) is 4.49. The Labute approximate surface area is 133 Å². The minimum absolute atomic E-state index is 0.116. The molecule has 8 nitrogen and oxygen atoms in total. The van der Waals surface area contributed by atoms with Crippen molar-refractivity contribution in [2.24, 2.45) is 0 Å².